The average molecular weight is 731 g/mol. The van der Waals surface area contributed by atoms with Crippen molar-refractivity contribution in [3.05, 3.63) is 92.3 Å². The molecule has 0 fully saturated rings. The third kappa shape index (κ3) is 7.29. The normalized spacial score (nSPS) is 14.0. The summed E-state index contributed by atoms with van der Waals surface area (Å²) in [6.07, 6.45) is 0.958. The van der Waals surface area contributed by atoms with Crippen LogP contribution < -0.4 is 24.8 Å². The Morgan fingerprint density at radius 3 is 2.59 bits per heavy atom. The molecule has 1 aliphatic heterocycles. The van der Waals surface area contributed by atoms with E-state index in [2.05, 4.69) is 33.5 Å². The summed E-state index contributed by atoms with van der Waals surface area (Å²) in [7, 11) is 0. The fourth-order valence-corrected chi connectivity index (χ4v) is 6.47. The highest BCUT2D eigenvalue weighted by molar-refractivity contribution is 9.10. The van der Waals surface area contributed by atoms with E-state index in [4.69, 9.17) is 35.9 Å². The van der Waals surface area contributed by atoms with Gasteiger partial charge in [0.05, 0.1) is 34.0 Å². The molecule has 0 bridgehead atoms. The number of fused-ring (bicyclic) bond motifs is 1. The molecule has 46 heavy (non-hydrogen) atoms. The van der Waals surface area contributed by atoms with E-state index in [0.29, 0.717) is 68.6 Å². The van der Waals surface area contributed by atoms with Crippen LogP contribution in [-0.2, 0) is 11.4 Å². The molecule has 1 aromatic heterocycles. The van der Waals surface area contributed by atoms with Crippen molar-refractivity contribution in [2.75, 3.05) is 29.6 Å². The fourth-order valence-electron chi connectivity index (χ4n) is 4.99. The maximum absolute atomic E-state index is 14.5. The van der Waals surface area contributed by atoms with Crippen LogP contribution in [0, 0.1) is 5.82 Å². The van der Waals surface area contributed by atoms with Gasteiger partial charge in [-0.1, -0.05) is 48.5 Å². The van der Waals surface area contributed by atoms with Crippen LogP contribution in [0.2, 0.25) is 5.02 Å². The number of thioether (sulfide) groups is 1. The van der Waals surface area contributed by atoms with Gasteiger partial charge in [-0.25, -0.2) is 9.07 Å². The molecule has 0 aliphatic carbocycles. The lowest BCUT2D eigenvalue weighted by Gasteiger charge is -2.29. The second-order valence-electron chi connectivity index (χ2n) is 10.2. The molecule has 13 heteroatoms. The zero-order chi connectivity index (χ0) is 32.8. The molecule has 3 aromatic carbocycles. The highest BCUT2D eigenvalue weighted by Gasteiger charge is 2.36. The predicted molar refractivity (Wildman–Crippen MR) is 183 cm³/mol. The van der Waals surface area contributed by atoms with E-state index in [0.717, 1.165) is 12.2 Å². The lowest BCUT2D eigenvalue weighted by Crippen LogP contribution is -2.31. The van der Waals surface area contributed by atoms with Crippen LogP contribution in [0.15, 0.2) is 75.5 Å². The Morgan fingerprint density at radius 2 is 1.85 bits per heavy atom. The second kappa shape index (κ2) is 15.2. The number of allylic oxidation sites excluding steroid dienone is 1. The number of amides is 1. The Labute approximate surface area is 285 Å². The van der Waals surface area contributed by atoms with E-state index in [9.17, 15) is 9.18 Å². The van der Waals surface area contributed by atoms with Gasteiger partial charge in [0.1, 0.15) is 24.2 Å². The third-order valence-corrected chi connectivity index (χ3v) is 9.00. The molecule has 4 aromatic rings. The van der Waals surface area contributed by atoms with Crippen molar-refractivity contribution in [2.45, 2.75) is 51.9 Å². The van der Waals surface area contributed by atoms with Crippen LogP contribution in [0.5, 0.6) is 17.2 Å². The number of hydrogen-bond acceptors (Lipinski definition) is 8. The molecule has 5 rings (SSSR count). The summed E-state index contributed by atoms with van der Waals surface area (Å²) in [4.78, 5) is 18.9. The van der Waals surface area contributed by atoms with Crippen LogP contribution >= 0.6 is 39.3 Å². The van der Waals surface area contributed by atoms with Crippen molar-refractivity contribution in [1.82, 2.24) is 14.8 Å². The number of aromatic nitrogens is 3. The number of hydrogen-bond donors (Lipinski definition) is 2. The van der Waals surface area contributed by atoms with E-state index < -0.39 is 11.9 Å². The first-order valence-corrected chi connectivity index (χ1v) is 17.0. The molecular weight excluding hydrogens is 697 g/mol. The Bertz CT molecular complexity index is 1750. The molecule has 0 spiro atoms. The van der Waals surface area contributed by atoms with Gasteiger partial charge < -0.3 is 24.8 Å². The molecule has 1 aliphatic rings. The van der Waals surface area contributed by atoms with Gasteiger partial charge in [-0.05, 0) is 85.1 Å². The largest absolute Gasteiger partial charge is 0.492 e. The molecule has 0 radical (unpaired) electrons. The molecule has 1 amide bonds. The van der Waals surface area contributed by atoms with Crippen molar-refractivity contribution in [2.24, 2.45) is 0 Å². The number of ether oxygens (including phenoxy) is 3. The first-order valence-electron chi connectivity index (χ1n) is 14.9. The molecule has 0 saturated carbocycles. The van der Waals surface area contributed by atoms with Crippen molar-refractivity contribution in [3.8, 4) is 17.2 Å². The van der Waals surface area contributed by atoms with E-state index >= 15 is 0 Å². The molecule has 1 unspecified atom stereocenters. The molecule has 242 valence electrons. The number of rotatable bonds is 13. The van der Waals surface area contributed by atoms with Crippen molar-refractivity contribution in [3.63, 3.8) is 0 Å². The van der Waals surface area contributed by atoms with E-state index in [1.807, 2.05) is 51.1 Å². The number of halogens is 3. The summed E-state index contributed by atoms with van der Waals surface area (Å²) in [6, 6.07) is 14.7. The van der Waals surface area contributed by atoms with Gasteiger partial charge >= 0.3 is 0 Å². The summed E-state index contributed by atoms with van der Waals surface area (Å²) < 4.78 is 34.7. The third-order valence-electron chi connectivity index (χ3n) is 7.02. The topological polar surface area (TPSA) is 99.5 Å². The van der Waals surface area contributed by atoms with Crippen LogP contribution in [0.3, 0.4) is 0 Å². The molecule has 2 heterocycles. The van der Waals surface area contributed by atoms with Gasteiger partial charge in [-0.2, -0.15) is 4.98 Å². The maximum atomic E-state index is 14.5. The molecule has 2 N–H and O–H groups in total. The van der Waals surface area contributed by atoms with Gasteiger partial charge in [0.15, 0.2) is 11.5 Å². The highest BCUT2D eigenvalue weighted by Crippen LogP contribution is 2.44. The summed E-state index contributed by atoms with van der Waals surface area (Å²) >= 11 is 11.4. The highest BCUT2D eigenvalue weighted by atomic mass is 79.9. The lowest BCUT2D eigenvalue weighted by atomic mass is 9.94. The smallest absolute Gasteiger partial charge is 0.255 e. The minimum atomic E-state index is -0.690. The number of nitrogens with one attached hydrogen (secondary N) is 2. The number of anilines is 2. The SMILES string of the molecule is CCCSc1nc2n(n1)C(c1cc(Br)c(OCc3c(F)cccc3Cl)c(OCC)c1)C(C(=O)Nc1ccccc1OCC)=C(C)N2. The van der Waals surface area contributed by atoms with E-state index in [-0.39, 0.29) is 23.1 Å². The zero-order valence-electron chi connectivity index (χ0n) is 25.8. The van der Waals surface area contributed by atoms with Gasteiger partial charge in [-0.3, -0.25) is 4.79 Å². The fraction of sp³-hybridized carbons (Fsp3) is 0.303. The van der Waals surface area contributed by atoms with Crippen LogP contribution in [0.25, 0.3) is 0 Å². The first-order chi connectivity index (χ1) is 22.2. The number of carbonyl (C=O) groups is 1. The minimum Gasteiger partial charge on any atom is -0.492 e. The Kier molecular flexibility index (Phi) is 11.1. The van der Waals surface area contributed by atoms with Gasteiger partial charge in [0, 0.05) is 17.0 Å². The summed E-state index contributed by atoms with van der Waals surface area (Å²) in [5.41, 5.74) is 2.51. The molecule has 0 saturated heterocycles. The van der Waals surface area contributed by atoms with Gasteiger partial charge in [0.2, 0.25) is 11.1 Å². The maximum Gasteiger partial charge on any atom is 0.255 e. The number of para-hydroxylation sites is 2. The lowest BCUT2D eigenvalue weighted by molar-refractivity contribution is -0.113. The Balaban J connectivity index is 1.58. The average Bonchev–Trinajstić information content (AvgIpc) is 3.43. The van der Waals surface area contributed by atoms with E-state index in [1.165, 1.54) is 6.07 Å². The minimum absolute atomic E-state index is 0.117. The second-order valence-corrected chi connectivity index (χ2v) is 12.5. The molecule has 9 nitrogen and oxygen atoms in total. The van der Waals surface area contributed by atoms with Crippen molar-refractivity contribution >= 4 is 56.8 Å². The van der Waals surface area contributed by atoms with Gasteiger partial charge in [0.25, 0.3) is 5.91 Å². The molecule has 1 atom stereocenters. The quantitative estimate of drug-likeness (QED) is 0.132. The Morgan fingerprint density at radius 1 is 1.09 bits per heavy atom. The standard InChI is InChI=1S/C33H34BrClFN5O4S/c1-5-15-46-33-39-32-37-19(4)28(31(42)38-25-13-8-9-14-26(25)43-6-2)29(41(32)40-33)20-16-22(34)30(27(17-20)44-7-3)45-18-21-23(35)11-10-12-24(21)36/h8-14,16-17,29H,5-7,15,18H2,1-4H3,(H,38,42)(H,37,39,40). The monoisotopic (exact) mass is 729 g/mol. The summed E-state index contributed by atoms with van der Waals surface area (Å²) in [5, 5.41) is 12.0. The summed E-state index contributed by atoms with van der Waals surface area (Å²) in [6.45, 7) is 8.34. The summed E-state index contributed by atoms with van der Waals surface area (Å²) in [5.74, 6) is 1.89. The Hall–Kier alpha value is -3.74. The van der Waals surface area contributed by atoms with Crippen LogP contribution in [-0.4, -0.2) is 39.6 Å². The van der Waals surface area contributed by atoms with Gasteiger partial charge in [-0.15, -0.1) is 5.10 Å². The number of carbonyl (C=O) groups excluding carboxylic acids is 1. The number of benzene rings is 3. The van der Waals surface area contributed by atoms with Crippen LogP contribution in [0.4, 0.5) is 16.0 Å². The van der Waals surface area contributed by atoms with Crippen molar-refractivity contribution < 1.29 is 23.4 Å². The van der Waals surface area contributed by atoms with Crippen LogP contribution in [0.1, 0.15) is 51.3 Å². The number of nitrogens with zero attached hydrogens (tertiary/aromatic N) is 3. The van der Waals surface area contributed by atoms with Crippen molar-refractivity contribution in [1.29, 1.82) is 0 Å². The van der Waals surface area contributed by atoms with E-state index in [1.54, 1.807) is 34.6 Å². The zero-order valence-corrected chi connectivity index (χ0v) is 29.0. The first kappa shape index (κ1) is 33.6. The molecular formula is C33H34BrClFN5O4S. The predicted octanol–water partition coefficient (Wildman–Crippen LogP) is 8.64.